The Morgan fingerprint density at radius 3 is 2.79 bits per heavy atom. The van der Waals surface area contributed by atoms with Gasteiger partial charge in [-0.3, -0.25) is 5.43 Å². The number of thiocarbonyl (C=S) groups is 1. The molecule has 126 valence electrons. The van der Waals surface area contributed by atoms with Crippen LogP contribution in [0.5, 0.6) is 11.5 Å². The minimum absolute atomic E-state index is 0.107. The normalized spacial score (nSPS) is 10.6. The third-order valence-electron chi connectivity index (χ3n) is 3.27. The average Bonchev–Trinajstić information content (AvgIpc) is 2.54. The molecule has 2 aromatic rings. The Bertz CT molecular complexity index is 765. The van der Waals surface area contributed by atoms with Crippen molar-refractivity contribution in [2.45, 2.75) is 13.5 Å². The van der Waals surface area contributed by atoms with Gasteiger partial charge in [-0.2, -0.15) is 5.10 Å². The van der Waals surface area contributed by atoms with Gasteiger partial charge in [0.05, 0.1) is 17.8 Å². The van der Waals surface area contributed by atoms with Gasteiger partial charge in [0.15, 0.2) is 16.6 Å². The summed E-state index contributed by atoms with van der Waals surface area (Å²) in [6.07, 6.45) is 1.59. The number of ether oxygens (including phenoxy) is 2. The van der Waals surface area contributed by atoms with Gasteiger partial charge < -0.3 is 15.2 Å². The molecule has 2 rings (SSSR count). The summed E-state index contributed by atoms with van der Waals surface area (Å²) in [4.78, 5) is 0. The molecule has 0 aromatic heterocycles. The zero-order valence-electron chi connectivity index (χ0n) is 13.4. The van der Waals surface area contributed by atoms with Crippen molar-refractivity contribution in [2.75, 3.05) is 7.11 Å². The number of nitrogens with two attached hydrogens (primary N) is 1. The third kappa shape index (κ3) is 4.94. The number of aryl methyl sites for hydroxylation is 1. The molecule has 0 radical (unpaired) electrons. The molecular formula is C17H18BrN3O2S. The third-order valence-corrected chi connectivity index (χ3v) is 3.95. The lowest BCUT2D eigenvalue weighted by Crippen LogP contribution is -2.23. The fourth-order valence-corrected chi connectivity index (χ4v) is 2.67. The molecule has 3 N–H and O–H groups in total. The number of nitrogens with zero attached hydrogens (tertiary/aromatic N) is 1. The Kier molecular flexibility index (Phi) is 6.57. The molecule has 0 spiro atoms. The van der Waals surface area contributed by atoms with Crippen molar-refractivity contribution in [1.82, 2.24) is 5.43 Å². The summed E-state index contributed by atoms with van der Waals surface area (Å²) < 4.78 is 12.1. The average molecular weight is 408 g/mol. The zero-order valence-corrected chi connectivity index (χ0v) is 15.8. The molecule has 0 bridgehead atoms. The summed E-state index contributed by atoms with van der Waals surface area (Å²) >= 11 is 8.21. The molecule has 0 amide bonds. The first-order valence-electron chi connectivity index (χ1n) is 7.14. The van der Waals surface area contributed by atoms with Gasteiger partial charge in [0, 0.05) is 0 Å². The molecule has 0 fully saturated rings. The molecule has 0 saturated heterocycles. The molecule has 0 atom stereocenters. The predicted molar refractivity (Wildman–Crippen MR) is 104 cm³/mol. The van der Waals surface area contributed by atoms with Crippen molar-refractivity contribution >= 4 is 39.5 Å². The molecule has 0 aliphatic carbocycles. The van der Waals surface area contributed by atoms with Crippen LogP contribution in [0.3, 0.4) is 0 Å². The predicted octanol–water partition coefficient (Wildman–Crippen LogP) is 3.51. The van der Waals surface area contributed by atoms with E-state index in [1.807, 2.05) is 30.3 Å². The second-order valence-corrected chi connectivity index (χ2v) is 6.28. The van der Waals surface area contributed by atoms with E-state index in [2.05, 4.69) is 39.4 Å². The van der Waals surface area contributed by atoms with Crippen LogP contribution in [0.1, 0.15) is 16.7 Å². The van der Waals surface area contributed by atoms with Crippen LogP contribution in [0.25, 0.3) is 0 Å². The molecule has 0 unspecified atom stereocenters. The van der Waals surface area contributed by atoms with E-state index in [-0.39, 0.29) is 5.11 Å². The number of hydrogen-bond donors (Lipinski definition) is 2. The molecule has 7 heteroatoms. The smallest absolute Gasteiger partial charge is 0.184 e. The van der Waals surface area contributed by atoms with Crippen molar-refractivity contribution in [3.05, 3.63) is 57.6 Å². The van der Waals surface area contributed by atoms with E-state index in [0.29, 0.717) is 18.1 Å². The number of nitrogens with one attached hydrogen (secondary N) is 1. The first-order valence-corrected chi connectivity index (χ1v) is 8.34. The van der Waals surface area contributed by atoms with Crippen LogP contribution in [0.4, 0.5) is 0 Å². The number of hydrazone groups is 1. The maximum atomic E-state index is 5.95. The Labute approximate surface area is 155 Å². The quantitative estimate of drug-likeness (QED) is 0.435. The van der Waals surface area contributed by atoms with E-state index in [0.717, 1.165) is 15.6 Å². The number of benzene rings is 2. The fraction of sp³-hybridized carbons (Fsp3) is 0.176. The lowest BCUT2D eigenvalue weighted by atomic mass is 10.1. The number of hydrogen-bond acceptors (Lipinski definition) is 4. The highest BCUT2D eigenvalue weighted by Gasteiger charge is 2.12. The van der Waals surface area contributed by atoms with Crippen molar-refractivity contribution in [3.8, 4) is 11.5 Å². The van der Waals surface area contributed by atoms with E-state index in [1.54, 1.807) is 13.3 Å². The first-order chi connectivity index (χ1) is 11.5. The van der Waals surface area contributed by atoms with E-state index in [9.17, 15) is 0 Å². The molecule has 0 aliphatic heterocycles. The van der Waals surface area contributed by atoms with Gasteiger partial charge in [-0.05, 0) is 63.9 Å². The highest BCUT2D eigenvalue weighted by atomic mass is 79.9. The van der Waals surface area contributed by atoms with Gasteiger partial charge in [-0.25, -0.2) is 0 Å². The first kappa shape index (κ1) is 18.2. The van der Waals surface area contributed by atoms with E-state index >= 15 is 0 Å². The summed E-state index contributed by atoms with van der Waals surface area (Å²) in [5, 5.41) is 4.04. The Morgan fingerprint density at radius 1 is 1.38 bits per heavy atom. The zero-order chi connectivity index (χ0) is 17.5. The van der Waals surface area contributed by atoms with Crippen LogP contribution >= 0.6 is 28.1 Å². The van der Waals surface area contributed by atoms with E-state index < -0.39 is 0 Å². The van der Waals surface area contributed by atoms with Gasteiger partial charge in [-0.1, -0.05) is 24.3 Å². The number of rotatable bonds is 6. The number of halogens is 1. The van der Waals surface area contributed by atoms with Crippen LogP contribution in [0.15, 0.2) is 46.0 Å². The Balaban J connectivity index is 2.19. The SMILES string of the molecule is COc1cc(C=NNC(N)=S)cc(Br)c1OCc1ccccc1C. The van der Waals surface area contributed by atoms with Crippen LogP contribution in [0, 0.1) is 6.92 Å². The molecular weight excluding hydrogens is 390 g/mol. The second-order valence-electron chi connectivity index (χ2n) is 4.98. The van der Waals surface area contributed by atoms with Crippen LogP contribution in [0.2, 0.25) is 0 Å². The monoisotopic (exact) mass is 407 g/mol. The van der Waals surface area contributed by atoms with Crippen molar-refractivity contribution in [2.24, 2.45) is 10.8 Å². The van der Waals surface area contributed by atoms with Gasteiger partial charge in [0.25, 0.3) is 0 Å². The maximum Gasteiger partial charge on any atom is 0.184 e. The summed E-state index contributed by atoms with van der Waals surface area (Å²) in [6.45, 7) is 2.51. The Hall–Kier alpha value is -2.12. The summed E-state index contributed by atoms with van der Waals surface area (Å²) in [5.74, 6) is 1.25. The summed E-state index contributed by atoms with van der Waals surface area (Å²) in [6, 6.07) is 11.8. The molecule has 2 aromatic carbocycles. The molecule has 0 saturated carbocycles. The molecule has 24 heavy (non-hydrogen) atoms. The molecule has 0 aliphatic rings. The van der Waals surface area contributed by atoms with Crippen LogP contribution < -0.4 is 20.6 Å². The number of methoxy groups -OCH3 is 1. The summed E-state index contributed by atoms with van der Waals surface area (Å²) in [5.41, 5.74) is 11.0. The standard InChI is InChI=1S/C17H18BrN3O2S/c1-11-5-3-4-6-13(11)10-23-16-14(18)7-12(8-15(16)22-2)9-20-21-17(19)24/h3-9H,10H2,1-2H3,(H3,19,21,24). The topological polar surface area (TPSA) is 68.9 Å². The highest BCUT2D eigenvalue weighted by Crippen LogP contribution is 2.37. The van der Waals surface area contributed by atoms with Gasteiger partial charge in [0.2, 0.25) is 0 Å². The van der Waals surface area contributed by atoms with Crippen molar-refractivity contribution in [1.29, 1.82) is 0 Å². The van der Waals surface area contributed by atoms with Gasteiger partial charge >= 0.3 is 0 Å². The van der Waals surface area contributed by atoms with Gasteiger partial charge in [-0.15, -0.1) is 0 Å². The van der Waals surface area contributed by atoms with Gasteiger partial charge in [0.1, 0.15) is 6.61 Å². The van der Waals surface area contributed by atoms with Crippen molar-refractivity contribution < 1.29 is 9.47 Å². The molecule has 0 heterocycles. The summed E-state index contributed by atoms with van der Waals surface area (Å²) in [7, 11) is 1.59. The second kappa shape index (κ2) is 8.65. The van der Waals surface area contributed by atoms with Crippen LogP contribution in [-0.4, -0.2) is 18.4 Å². The van der Waals surface area contributed by atoms with Crippen LogP contribution in [-0.2, 0) is 6.61 Å². The van der Waals surface area contributed by atoms with E-state index in [4.69, 9.17) is 27.4 Å². The highest BCUT2D eigenvalue weighted by molar-refractivity contribution is 9.10. The lowest BCUT2D eigenvalue weighted by Gasteiger charge is -2.14. The largest absolute Gasteiger partial charge is 0.493 e. The minimum atomic E-state index is 0.107. The molecule has 5 nitrogen and oxygen atoms in total. The van der Waals surface area contributed by atoms with E-state index in [1.165, 1.54) is 5.56 Å². The van der Waals surface area contributed by atoms with Crippen molar-refractivity contribution in [3.63, 3.8) is 0 Å². The maximum absolute atomic E-state index is 5.95. The minimum Gasteiger partial charge on any atom is -0.493 e. The Morgan fingerprint density at radius 2 is 2.12 bits per heavy atom. The lowest BCUT2D eigenvalue weighted by molar-refractivity contribution is 0.282. The fourth-order valence-electron chi connectivity index (χ4n) is 2.05.